The molecule has 2 rings (SSSR count). The minimum Gasteiger partial charge on any atom is -0.481 e. The summed E-state index contributed by atoms with van der Waals surface area (Å²) in [5.74, 6) is -1.74. The molecule has 1 saturated heterocycles. The second-order valence-corrected chi connectivity index (χ2v) is 6.96. The zero-order valence-corrected chi connectivity index (χ0v) is 14.7. The minimum absolute atomic E-state index is 0.00197. The van der Waals surface area contributed by atoms with Gasteiger partial charge in [0.25, 0.3) is 0 Å². The fourth-order valence-corrected chi connectivity index (χ4v) is 3.38. The molecular formula is C18H23F3N2O3. The number of likely N-dealkylation sites (tertiary alicyclic amines) is 1. The van der Waals surface area contributed by atoms with Crippen molar-refractivity contribution < 1.29 is 27.9 Å². The Balaban J connectivity index is 2.18. The number of carbonyl (C=O) groups excluding carboxylic acids is 1. The number of carbonyl (C=O) groups is 2. The van der Waals surface area contributed by atoms with E-state index < -0.39 is 36.6 Å². The number of aryl methyl sites for hydroxylation is 1. The Hall–Kier alpha value is -2.25. The van der Waals surface area contributed by atoms with Crippen LogP contribution in [-0.2, 0) is 4.79 Å². The first-order valence-electron chi connectivity index (χ1n) is 8.47. The monoisotopic (exact) mass is 372 g/mol. The minimum atomic E-state index is -4.45. The first kappa shape index (κ1) is 20.1. The van der Waals surface area contributed by atoms with Crippen LogP contribution in [0.25, 0.3) is 0 Å². The van der Waals surface area contributed by atoms with Crippen LogP contribution in [0.3, 0.4) is 0 Å². The third kappa shape index (κ3) is 5.37. The summed E-state index contributed by atoms with van der Waals surface area (Å²) in [5.41, 5.74) is 1.05. The molecule has 2 N–H and O–H groups in total. The average Bonchev–Trinajstić information content (AvgIpc) is 2.52. The molecule has 0 aromatic heterocycles. The number of carboxylic acid groups (broad SMARTS) is 1. The highest BCUT2D eigenvalue weighted by Crippen LogP contribution is 2.31. The lowest BCUT2D eigenvalue weighted by Gasteiger charge is -2.36. The number of halogens is 3. The van der Waals surface area contributed by atoms with E-state index in [-0.39, 0.29) is 12.5 Å². The molecule has 0 radical (unpaired) electrons. The zero-order valence-electron chi connectivity index (χ0n) is 14.7. The third-order valence-corrected chi connectivity index (χ3v) is 4.59. The van der Waals surface area contributed by atoms with E-state index in [4.69, 9.17) is 0 Å². The number of carboxylic acids is 1. The number of hydrogen-bond acceptors (Lipinski definition) is 2. The van der Waals surface area contributed by atoms with E-state index in [1.54, 1.807) is 31.2 Å². The molecule has 1 fully saturated rings. The number of amides is 2. The molecule has 1 aromatic rings. The summed E-state index contributed by atoms with van der Waals surface area (Å²) in [6.07, 6.45) is -5.18. The van der Waals surface area contributed by atoms with Crippen LogP contribution < -0.4 is 5.32 Å². The predicted octanol–water partition coefficient (Wildman–Crippen LogP) is 3.74. The molecule has 0 saturated carbocycles. The van der Waals surface area contributed by atoms with Crippen LogP contribution in [0.15, 0.2) is 24.3 Å². The van der Waals surface area contributed by atoms with Gasteiger partial charge in [-0.1, -0.05) is 31.2 Å². The van der Waals surface area contributed by atoms with Gasteiger partial charge in [-0.3, -0.25) is 4.79 Å². The highest BCUT2D eigenvalue weighted by molar-refractivity contribution is 5.77. The zero-order chi connectivity index (χ0) is 19.5. The predicted molar refractivity (Wildman–Crippen MR) is 89.6 cm³/mol. The molecule has 8 heteroatoms. The molecule has 1 aliphatic rings. The van der Waals surface area contributed by atoms with E-state index in [0.717, 1.165) is 0 Å². The third-order valence-electron chi connectivity index (χ3n) is 4.59. The maximum absolute atomic E-state index is 13.0. The molecule has 144 valence electrons. The first-order chi connectivity index (χ1) is 12.1. The van der Waals surface area contributed by atoms with E-state index in [1.165, 1.54) is 4.90 Å². The second kappa shape index (κ2) is 7.97. The normalized spacial score (nSPS) is 22.0. The van der Waals surface area contributed by atoms with Crippen LogP contribution in [-0.4, -0.2) is 41.3 Å². The van der Waals surface area contributed by atoms with Crippen molar-refractivity contribution in [2.75, 3.05) is 13.1 Å². The number of nitrogens with zero attached hydrogens (tertiary/aromatic N) is 1. The number of alkyl halides is 3. The van der Waals surface area contributed by atoms with Crippen LogP contribution >= 0.6 is 0 Å². The van der Waals surface area contributed by atoms with Crippen molar-refractivity contribution in [1.29, 1.82) is 0 Å². The van der Waals surface area contributed by atoms with Crippen LogP contribution in [0.1, 0.15) is 36.9 Å². The molecule has 3 atom stereocenters. The Morgan fingerprint density at radius 2 is 1.96 bits per heavy atom. The maximum Gasteiger partial charge on any atom is 0.391 e. The van der Waals surface area contributed by atoms with Crippen LogP contribution in [0.2, 0.25) is 0 Å². The topological polar surface area (TPSA) is 69.6 Å². The Bertz CT molecular complexity index is 663. The van der Waals surface area contributed by atoms with Crippen molar-refractivity contribution in [3.8, 4) is 0 Å². The largest absolute Gasteiger partial charge is 0.481 e. The van der Waals surface area contributed by atoms with Crippen LogP contribution in [0.5, 0.6) is 0 Å². The molecular weight excluding hydrogens is 349 g/mol. The lowest BCUT2D eigenvalue weighted by molar-refractivity contribution is -0.143. The molecule has 1 aliphatic heterocycles. The van der Waals surface area contributed by atoms with E-state index in [9.17, 15) is 27.9 Å². The summed E-state index contributed by atoms with van der Waals surface area (Å²) in [6, 6.07) is 4.71. The summed E-state index contributed by atoms with van der Waals surface area (Å²) < 4.78 is 39.0. The van der Waals surface area contributed by atoms with Gasteiger partial charge in [-0.15, -0.1) is 0 Å². The summed E-state index contributed by atoms with van der Waals surface area (Å²) in [4.78, 5) is 25.1. The lowest BCUT2D eigenvalue weighted by atomic mass is 9.90. The number of piperidine rings is 1. The van der Waals surface area contributed by atoms with Crippen molar-refractivity contribution in [2.45, 2.75) is 38.9 Å². The summed E-state index contributed by atoms with van der Waals surface area (Å²) in [5, 5.41) is 11.7. The highest BCUT2D eigenvalue weighted by atomic mass is 19.4. The summed E-state index contributed by atoms with van der Waals surface area (Å²) >= 11 is 0. The molecule has 3 unspecified atom stereocenters. The average molecular weight is 372 g/mol. The Kier molecular flexibility index (Phi) is 6.15. The molecule has 1 heterocycles. The SMILES string of the molecule is Cc1ccccc1C(CC(F)(F)F)NC(=O)N1CC(C)CC(C(=O)O)C1. The fourth-order valence-electron chi connectivity index (χ4n) is 3.38. The van der Waals surface area contributed by atoms with Gasteiger partial charge in [0.05, 0.1) is 18.4 Å². The molecule has 26 heavy (non-hydrogen) atoms. The number of aliphatic carboxylic acids is 1. The standard InChI is InChI=1S/C18H23F3N2O3/c1-11-7-13(16(24)25)10-23(9-11)17(26)22-15(8-18(19,20)21)14-6-4-3-5-12(14)2/h3-6,11,13,15H,7-10H2,1-2H3,(H,22,26)(H,24,25). The smallest absolute Gasteiger partial charge is 0.391 e. The van der Waals surface area contributed by atoms with Gasteiger partial charge < -0.3 is 15.3 Å². The molecule has 0 aliphatic carbocycles. The Morgan fingerprint density at radius 1 is 1.31 bits per heavy atom. The van der Waals surface area contributed by atoms with Gasteiger partial charge in [0, 0.05) is 13.1 Å². The second-order valence-electron chi connectivity index (χ2n) is 6.96. The van der Waals surface area contributed by atoms with Gasteiger partial charge in [-0.05, 0) is 30.4 Å². The van der Waals surface area contributed by atoms with Gasteiger partial charge >= 0.3 is 18.2 Å². The molecule has 1 aromatic carbocycles. The van der Waals surface area contributed by atoms with Gasteiger partial charge in [-0.25, -0.2) is 4.79 Å². The van der Waals surface area contributed by atoms with Crippen LogP contribution in [0, 0.1) is 18.8 Å². The van der Waals surface area contributed by atoms with Crippen molar-refractivity contribution in [2.24, 2.45) is 11.8 Å². The number of nitrogens with one attached hydrogen (secondary N) is 1. The van der Waals surface area contributed by atoms with Gasteiger partial charge in [0.2, 0.25) is 0 Å². The Labute approximate surface area is 150 Å². The quantitative estimate of drug-likeness (QED) is 0.846. The summed E-state index contributed by atoms with van der Waals surface area (Å²) in [6.45, 7) is 3.83. The lowest BCUT2D eigenvalue weighted by Crippen LogP contribution is -2.50. The van der Waals surface area contributed by atoms with E-state index in [1.807, 2.05) is 6.92 Å². The first-order valence-corrected chi connectivity index (χ1v) is 8.47. The fraction of sp³-hybridized carbons (Fsp3) is 0.556. The number of benzene rings is 1. The van der Waals surface area contributed by atoms with Gasteiger partial charge in [0.1, 0.15) is 0 Å². The molecule has 0 spiro atoms. The molecule has 5 nitrogen and oxygen atoms in total. The highest BCUT2D eigenvalue weighted by Gasteiger charge is 2.36. The summed E-state index contributed by atoms with van der Waals surface area (Å²) in [7, 11) is 0. The van der Waals surface area contributed by atoms with Crippen molar-refractivity contribution in [3.05, 3.63) is 35.4 Å². The van der Waals surface area contributed by atoms with Gasteiger partial charge in [0.15, 0.2) is 0 Å². The van der Waals surface area contributed by atoms with Crippen molar-refractivity contribution >= 4 is 12.0 Å². The van der Waals surface area contributed by atoms with E-state index >= 15 is 0 Å². The number of urea groups is 1. The molecule has 0 bridgehead atoms. The Morgan fingerprint density at radius 3 is 2.54 bits per heavy atom. The maximum atomic E-state index is 13.0. The van der Waals surface area contributed by atoms with Crippen molar-refractivity contribution in [3.63, 3.8) is 0 Å². The van der Waals surface area contributed by atoms with E-state index in [0.29, 0.717) is 24.1 Å². The van der Waals surface area contributed by atoms with Gasteiger partial charge in [-0.2, -0.15) is 13.2 Å². The molecule has 2 amide bonds. The van der Waals surface area contributed by atoms with Crippen LogP contribution in [0.4, 0.5) is 18.0 Å². The van der Waals surface area contributed by atoms with E-state index in [2.05, 4.69) is 5.32 Å². The van der Waals surface area contributed by atoms with Crippen molar-refractivity contribution in [1.82, 2.24) is 10.2 Å². The number of rotatable bonds is 4. The number of hydrogen-bond donors (Lipinski definition) is 2.